The first kappa shape index (κ1) is 19.4. The second-order valence-electron chi connectivity index (χ2n) is 5.90. The first-order valence-electron chi connectivity index (χ1n) is 8.70. The van der Waals surface area contributed by atoms with Crippen LogP contribution in [0.1, 0.15) is 30.5 Å². The van der Waals surface area contributed by atoms with Crippen molar-refractivity contribution >= 4 is 40.5 Å². The zero-order valence-corrected chi connectivity index (χ0v) is 17.6. The smallest absolute Gasteiger partial charge is 0.363 e. The van der Waals surface area contributed by atoms with Crippen LogP contribution in [0.5, 0.6) is 11.5 Å². The fourth-order valence-corrected chi connectivity index (χ4v) is 3.39. The zero-order chi connectivity index (χ0) is 19.4. The van der Waals surface area contributed by atoms with Crippen molar-refractivity contribution in [3.05, 3.63) is 62.4 Å². The molecule has 5 nitrogen and oxygen atoms in total. The number of nitrogens with zero attached hydrogens (tertiary/aromatic N) is 1. The van der Waals surface area contributed by atoms with Crippen molar-refractivity contribution in [2.75, 3.05) is 13.2 Å². The van der Waals surface area contributed by atoms with Crippen LogP contribution in [0.4, 0.5) is 0 Å². The molecular weight excluding hydrogens is 457 g/mol. The molecule has 27 heavy (non-hydrogen) atoms. The van der Waals surface area contributed by atoms with Gasteiger partial charge in [-0.25, -0.2) is 9.79 Å². The van der Waals surface area contributed by atoms with E-state index in [1.165, 1.54) is 0 Å². The maximum atomic E-state index is 12.2. The molecule has 0 aromatic heterocycles. The van der Waals surface area contributed by atoms with Gasteiger partial charge in [-0.3, -0.25) is 0 Å². The molecule has 0 spiro atoms. The van der Waals surface area contributed by atoms with Crippen LogP contribution in [0, 0.1) is 10.5 Å². The Bertz CT molecular complexity index is 917. The average Bonchev–Trinajstić information content (AvgIpc) is 2.99. The Morgan fingerprint density at radius 1 is 1.11 bits per heavy atom. The van der Waals surface area contributed by atoms with E-state index in [4.69, 9.17) is 14.2 Å². The Balaban J connectivity index is 1.95. The molecular formula is C21H20INO4. The fourth-order valence-electron chi connectivity index (χ4n) is 2.61. The van der Waals surface area contributed by atoms with E-state index in [0.29, 0.717) is 30.6 Å². The lowest BCUT2D eigenvalue weighted by Gasteiger charge is -2.13. The van der Waals surface area contributed by atoms with Crippen LogP contribution >= 0.6 is 22.6 Å². The molecule has 0 radical (unpaired) electrons. The summed E-state index contributed by atoms with van der Waals surface area (Å²) in [6, 6.07) is 11.5. The number of halogens is 1. The van der Waals surface area contributed by atoms with Crippen LogP contribution in [-0.2, 0) is 9.53 Å². The number of ether oxygens (including phenoxy) is 3. The molecule has 140 valence electrons. The molecule has 0 saturated heterocycles. The summed E-state index contributed by atoms with van der Waals surface area (Å²) in [4.78, 5) is 16.6. The van der Waals surface area contributed by atoms with Crippen LogP contribution < -0.4 is 9.47 Å². The molecule has 2 aromatic rings. The number of rotatable bonds is 6. The number of carbonyl (C=O) groups is 1. The van der Waals surface area contributed by atoms with Crippen molar-refractivity contribution in [1.82, 2.24) is 0 Å². The summed E-state index contributed by atoms with van der Waals surface area (Å²) in [6.07, 6.45) is 1.70. The Morgan fingerprint density at radius 3 is 2.48 bits per heavy atom. The van der Waals surface area contributed by atoms with E-state index >= 15 is 0 Å². The minimum atomic E-state index is -0.465. The molecule has 0 unspecified atom stereocenters. The summed E-state index contributed by atoms with van der Waals surface area (Å²) in [5.74, 6) is 1.21. The van der Waals surface area contributed by atoms with E-state index in [0.717, 1.165) is 20.3 Å². The van der Waals surface area contributed by atoms with Crippen LogP contribution in [0.2, 0.25) is 0 Å². The highest BCUT2D eigenvalue weighted by Crippen LogP contribution is 2.35. The molecule has 0 saturated carbocycles. The normalized spacial score (nSPS) is 14.9. The van der Waals surface area contributed by atoms with Crippen LogP contribution in [0.25, 0.3) is 6.08 Å². The van der Waals surface area contributed by atoms with E-state index in [1.807, 2.05) is 57.2 Å². The number of benzene rings is 2. The summed E-state index contributed by atoms with van der Waals surface area (Å²) in [5.41, 5.74) is 2.96. The van der Waals surface area contributed by atoms with E-state index in [9.17, 15) is 4.79 Å². The third kappa shape index (κ3) is 4.50. The summed E-state index contributed by atoms with van der Waals surface area (Å²) >= 11 is 2.20. The predicted molar refractivity (Wildman–Crippen MR) is 113 cm³/mol. The molecule has 2 aromatic carbocycles. The third-order valence-electron chi connectivity index (χ3n) is 3.84. The van der Waals surface area contributed by atoms with Gasteiger partial charge in [0, 0.05) is 5.56 Å². The number of carbonyl (C=O) groups excluding carboxylic acids is 1. The number of cyclic esters (lactones) is 1. The van der Waals surface area contributed by atoms with Gasteiger partial charge in [-0.15, -0.1) is 0 Å². The van der Waals surface area contributed by atoms with Crippen molar-refractivity contribution in [1.29, 1.82) is 0 Å². The zero-order valence-electron chi connectivity index (χ0n) is 15.4. The van der Waals surface area contributed by atoms with Gasteiger partial charge in [-0.05, 0) is 79.3 Å². The summed E-state index contributed by atoms with van der Waals surface area (Å²) in [6.45, 7) is 6.92. The predicted octanol–water partition coefficient (Wildman–Crippen LogP) is 4.74. The van der Waals surface area contributed by atoms with Gasteiger partial charge < -0.3 is 14.2 Å². The fraction of sp³-hybridized carbons (Fsp3) is 0.238. The lowest BCUT2D eigenvalue weighted by molar-refractivity contribution is -0.129. The Labute approximate surface area is 172 Å². The largest absolute Gasteiger partial charge is 0.490 e. The second kappa shape index (κ2) is 8.56. The van der Waals surface area contributed by atoms with Gasteiger partial charge in [0.25, 0.3) is 0 Å². The van der Waals surface area contributed by atoms with Crippen LogP contribution in [0.3, 0.4) is 0 Å². The Kier molecular flexibility index (Phi) is 6.15. The quantitative estimate of drug-likeness (QED) is 0.343. The standard InChI is InChI=1S/C21H20INO4/c1-4-25-18-12-14(10-16(22)19(18)26-5-2)11-17-21(24)27-20(23-17)15-8-6-13(3)7-9-15/h6-12H,4-5H2,1-3H3. The monoisotopic (exact) mass is 477 g/mol. The van der Waals surface area contributed by atoms with Gasteiger partial charge >= 0.3 is 5.97 Å². The van der Waals surface area contributed by atoms with Crippen LogP contribution in [0.15, 0.2) is 47.1 Å². The summed E-state index contributed by atoms with van der Waals surface area (Å²) in [5, 5.41) is 0. The molecule has 1 heterocycles. The minimum Gasteiger partial charge on any atom is -0.490 e. The van der Waals surface area contributed by atoms with E-state index in [-0.39, 0.29) is 5.70 Å². The Hall–Kier alpha value is -2.35. The number of aliphatic imine (C=N–C) groups is 1. The minimum absolute atomic E-state index is 0.257. The highest BCUT2D eigenvalue weighted by molar-refractivity contribution is 14.1. The first-order chi connectivity index (χ1) is 13.0. The molecule has 3 rings (SSSR count). The highest BCUT2D eigenvalue weighted by atomic mass is 127. The van der Waals surface area contributed by atoms with Crippen molar-refractivity contribution in [3.63, 3.8) is 0 Å². The van der Waals surface area contributed by atoms with Gasteiger partial charge in [0.1, 0.15) is 0 Å². The van der Waals surface area contributed by atoms with Crippen molar-refractivity contribution in [2.45, 2.75) is 20.8 Å². The second-order valence-corrected chi connectivity index (χ2v) is 7.06. The molecule has 1 aliphatic rings. The number of hydrogen-bond acceptors (Lipinski definition) is 5. The highest BCUT2D eigenvalue weighted by Gasteiger charge is 2.24. The summed E-state index contributed by atoms with van der Waals surface area (Å²) in [7, 11) is 0. The SMILES string of the molecule is CCOc1cc(C=C2N=C(c3ccc(C)cc3)OC2=O)cc(I)c1OCC. The average molecular weight is 477 g/mol. The van der Waals surface area contributed by atoms with Gasteiger partial charge in [0.05, 0.1) is 16.8 Å². The van der Waals surface area contributed by atoms with E-state index in [2.05, 4.69) is 27.6 Å². The topological polar surface area (TPSA) is 57.1 Å². The molecule has 1 aliphatic heterocycles. The lowest BCUT2D eigenvalue weighted by Crippen LogP contribution is -2.05. The maximum absolute atomic E-state index is 12.2. The molecule has 0 atom stereocenters. The van der Waals surface area contributed by atoms with Crippen LogP contribution in [-0.4, -0.2) is 25.1 Å². The molecule has 0 N–H and O–H groups in total. The summed E-state index contributed by atoms with van der Waals surface area (Å²) < 4.78 is 17.6. The lowest BCUT2D eigenvalue weighted by atomic mass is 10.1. The van der Waals surface area contributed by atoms with Crippen molar-refractivity contribution in [2.24, 2.45) is 4.99 Å². The van der Waals surface area contributed by atoms with Gasteiger partial charge in [0.15, 0.2) is 17.2 Å². The van der Waals surface area contributed by atoms with Gasteiger partial charge in [-0.2, -0.15) is 0 Å². The number of aryl methyl sites for hydroxylation is 1. The molecule has 0 bridgehead atoms. The molecule has 0 fully saturated rings. The van der Waals surface area contributed by atoms with Crippen molar-refractivity contribution in [3.8, 4) is 11.5 Å². The molecule has 0 amide bonds. The van der Waals surface area contributed by atoms with Crippen molar-refractivity contribution < 1.29 is 19.0 Å². The van der Waals surface area contributed by atoms with E-state index in [1.54, 1.807) is 6.08 Å². The Morgan fingerprint density at radius 2 is 1.81 bits per heavy atom. The maximum Gasteiger partial charge on any atom is 0.363 e. The first-order valence-corrected chi connectivity index (χ1v) is 9.78. The molecule has 6 heteroatoms. The molecule has 0 aliphatic carbocycles. The number of esters is 1. The number of hydrogen-bond donors (Lipinski definition) is 0. The van der Waals surface area contributed by atoms with Gasteiger partial charge in [0.2, 0.25) is 5.90 Å². The third-order valence-corrected chi connectivity index (χ3v) is 4.64. The van der Waals surface area contributed by atoms with Gasteiger partial charge in [-0.1, -0.05) is 17.7 Å². The van der Waals surface area contributed by atoms with E-state index < -0.39 is 5.97 Å².